The summed E-state index contributed by atoms with van der Waals surface area (Å²) in [6.07, 6.45) is 1.03. The van der Waals surface area contributed by atoms with Crippen molar-refractivity contribution < 1.29 is 0 Å². The van der Waals surface area contributed by atoms with Crippen LogP contribution in [0.1, 0.15) is 25.0 Å². The highest BCUT2D eigenvalue weighted by Crippen LogP contribution is 2.34. The van der Waals surface area contributed by atoms with Gasteiger partial charge < -0.3 is 0 Å². The van der Waals surface area contributed by atoms with E-state index in [2.05, 4.69) is 52.4 Å². The second kappa shape index (κ2) is 6.08. The molecule has 0 heterocycles. The largest absolute Gasteiger partial charge is 0.121 e. The first-order chi connectivity index (χ1) is 6.97. The monoisotopic (exact) mass is 420 g/mol. The molecular formula is C11H12BrCl2I. The first kappa shape index (κ1) is 14.1. The van der Waals surface area contributed by atoms with E-state index in [1.54, 1.807) is 0 Å². The van der Waals surface area contributed by atoms with Gasteiger partial charge in [-0.25, -0.2) is 0 Å². The minimum absolute atomic E-state index is 0.454. The van der Waals surface area contributed by atoms with Crippen LogP contribution in [0.5, 0.6) is 0 Å². The molecule has 0 unspecified atom stereocenters. The Hall–Kier alpha value is 1.01. The van der Waals surface area contributed by atoms with Crippen LogP contribution in [0.25, 0.3) is 0 Å². The quantitative estimate of drug-likeness (QED) is 0.336. The molecule has 0 bridgehead atoms. The summed E-state index contributed by atoms with van der Waals surface area (Å²) in [7, 11) is 0. The molecule has 0 N–H and O–H groups in total. The predicted octanol–water partition coefficient (Wildman–Crippen LogP) is 5.64. The van der Waals surface area contributed by atoms with Crippen LogP contribution in [0, 0.1) is 9.49 Å². The van der Waals surface area contributed by atoms with Gasteiger partial charge in [0.1, 0.15) is 0 Å². The summed E-state index contributed by atoms with van der Waals surface area (Å²) in [6.45, 7) is 4.40. The molecule has 0 amide bonds. The van der Waals surface area contributed by atoms with Crippen molar-refractivity contribution in [2.75, 3.05) is 0 Å². The molecule has 0 radical (unpaired) electrons. The molecule has 0 saturated carbocycles. The van der Waals surface area contributed by atoms with E-state index in [9.17, 15) is 0 Å². The number of rotatable bonds is 3. The smallest absolute Gasteiger partial charge is 0.0587 e. The van der Waals surface area contributed by atoms with E-state index < -0.39 is 0 Å². The van der Waals surface area contributed by atoms with E-state index in [0.717, 1.165) is 25.0 Å². The van der Waals surface area contributed by atoms with Gasteiger partial charge >= 0.3 is 0 Å². The normalized spacial score (nSPS) is 11.1. The SMILES string of the molecule is CC(C)Cc1c(Br)cc(CCl)c(Cl)c1I. The highest BCUT2D eigenvalue weighted by atomic mass is 127. The third kappa shape index (κ3) is 3.48. The van der Waals surface area contributed by atoms with Crippen molar-refractivity contribution in [2.24, 2.45) is 5.92 Å². The lowest BCUT2D eigenvalue weighted by Crippen LogP contribution is -2.00. The molecule has 0 atom stereocenters. The molecule has 1 rings (SSSR count). The van der Waals surface area contributed by atoms with E-state index in [4.69, 9.17) is 23.2 Å². The lowest BCUT2D eigenvalue weighted by Gasteiger charge is -2.13. The van der Waals surface area contributed by atoms with Crippen LogP contribution in [0.15, 0.2) is 10.5 Å². The lowest BCUT2D eigenvalue weighted by atomic mass is 10.0. The van der Waals surface area contributed by atoms with Crippen molar-refractivity contribution >= 4 is 61.7 Å². The summed E-state index contributed by atoms with van der Waals surface area (Å²) < 4.78 is 2.23. The van der Waals surface area contributed by atoms with Gasteiger partial charge in [0.25, 0.3) is 0 Å². The maximum Gasteiger partial charge on any atom is 0.0587 e. The summed E-state index contributed by atoms with van der Waals surface area (Å²) in [6, 6.07) is 2.02. The van der Waals surface area contributed by atoms with Gasteiger partial charge in [-0.15, -0.1) is 11.6 Å². The Labute approximate surface area is 123 Å². The first-order valence-electron chi connectivity index (χ1n) is 4.68. The Morgan fingerprint density at radius 3 is 2.53 bits per heavy atom. The highest BCUT2D eigenvalue weighted by molar-refractivity contribution is 14.1. The van der Waals surface area contributed by atoms with Crippen molar-refractivity contribution in [3.05, 3.63) is 30.3 Å². The number of alkyl halides is 1. The summed E-state index contributed by atoms with van der Waals surface area (Å²) in [4.78, 5) is 0. The van der Waals surface area contributed by atoms with Crippen molar-refractivity contribution in [1.29, 1.82) is 0 Å². The topological polar surface area (TPSA) is 0 Å². The van der Waals surface area contributed by atoms with Gasteiger partial charge in [-0.05, 0) is 52.1 Å². The molecule has 4 heteroatoms. The fourth-order valence-electron chi connectivity index (χ4n) is 1.37. The molecular weight excluding hydrogens is 410 g/mol. The minimum atomic E-state index is 0.454. The molecule has 0 spiro atoms. The Morgan fingerprint density at radius 1 is 1.47 bits per heavy atom. The zero-order chi connectivity index (χ0) is 11.6. The Kier molecular flexibility index (Phi) is 5.71. The average molecular weight is 422 g/mol. The van der Waals surface area contributed by atoms with Gasteiger partial charge in [-0.3, -0.25) is 0 Å². The van der Waals surface area contributed by atoms with E-state index in [1.165, 1.54) is 5.56 Å². The van der Waals surface area contributed by atoms with E-state index >= 15 is 0 Å². The van der Waals surface area contributed by atoms with Crippen LogP contribution in [-0.2, 0) is 12.3 Å². The Balaban J connectivity index is 3.23. The van der Waals surface area contributed by atoms with Crippen LogP contribution < -0.4 is 0 Å². The summed E-state index contributed by atoms with van der Waals surface area (Å²) in [5, 5.41) is 0.796. The van der Waals surface area contributed by atoms with Crippen molar-refractivity contribution in [2.45, 2.75) is 26.1 Å². The average Bonchev–Trinajstić information content (AvgIpc) is 2.18. The molecule has 0 aliphatic rings. The van der Waals surface area contributed by atoms with Crippen LogP contribution in [-0.4, -0.2) is 0 Å². The van der Waals surface area contributed by atoms with Crippen LogP contribution in [0.3, 0.4) is 0 Å². The number of hydrogen-bond donors (Lipinski definition) is 0. The zero-order valence-corrected chi connectivity index (χ0v) is 13.8. The second-order valence-electron chi connectivity index (χ2n) is 3.86. The second-order valence-corrected chi connectivity index (χ2v) is 6.43. The summed E-state index contributed by atoms with van der Waals surface area (Å²) >= 11 is 17.9. The Bertz CT molecular complexity index is 364. The number of benzene rings is 1. The number of hydrogen-bond acceptors (Lipinski definition) is 0. The van der Waals surface area contributed by atoms with Gasteiger partial charge in [0.05, 0.1) is 5.02 Å². The van der Waals surface area contributed by atoms with Crippen LogP contribution >= 0.6 is 61.7 Å². The van der Waals surface area contributed by atoms with Crippen molar-refractivity contribution in [3.8, 4) is 0 Å². The molecule has 84 valence electrons. The first-order valence-corrected chi connectivity index (χ1v) is 7.47. The molecule has 0 saturated heterocycles. The summed E-state index contributed by atoms with van der Waals surface area (Å²) in [5.74, 6) is 1.07. The number of halogens is 4. The van der Waals surface area contributed by atoms with Crippen LogP contribution in [0.4, 0.5) is 0 Å². The molecule has 1 aromatic carbocycles. The zero-order valence-electron chi connectivity index (χ0n) is 8.58. The summed E-state index contributed by atoms with van der Waals surface area (Å²) in [5.41, 5.74) is 2.27. The fraction of sp³-hybridized carbons (Fsp3) is 0.455. The van der Waals surface area contributed by atoms with Gasteiger partial charge in [-0.2, -0.15) is 0 Å². The van der Waals surface area contributed by atoms with E-state index in [-0.39, 0.29) is 0 Å². The molecule has 0 nitrogen and oxygen atoms in total. The molecule has 0 aliphatic heterocycles. The van der Waals surface area contributed by atoms with Gasteiger partial charge in [0, 0.05) is 13.9 Å². The molecule has 1 aromatic rings. The molecule has 15 heavy (non-hydrogen) atoms. The highest BCUT2D eigenvalue weighted by Gasteiger charge is 2.14. The molecule has 0 aromatic heterocycles. The third-order valence-electron chi connectivity index (χ3n) is 2.09. The maximum atomic E-state index is 6.24. The molecule has 0 aliphatic carbocycles. The molecule has 0 fully saturated rings. The predicted molar refractivity (Wildman–Crippen MR) is 80.0 cm³/mol. The van der Waals surface area contributed by atoms with Gasteiger partial charge in [-0.1, -0.05) is 41.4 Å². The third-order valence-corrected chi connectivity index (χ3v) is 5.02. The van der Waals surface area contributed by atoms with E-state index in [0.29, 0.717) is 11.8 Å². The van der Waals surface area contributed by atoms with Gasteiger partial charge in [0.2, 0.25) is 0 Å². The van der Waals surface area contributed by atoms with Crippen molar-refractivity contribution in [3.63, 3.8) is 0 Å². The Morgan fingerprint density at radius 2 is 2.07 bits per heavy atom. The van der Waals surface area contributed by atoms with Crippen molar-refractivity contribution in [1.82, 2.24) is 0 Å². The van der Waals surface area contributed by atoms with Crippen LogP contribution in [0.2, 0.25) is 5.02 Å². The fourth-order valence-corrected chi connectivity index (χ4v) is 3.75. The standard InChI is InChI=1S/C11H12BrCl2I/c1-6(2)3-8-9(12)4-7(5-13)10(14)11(8)15/h4,6H,3,5H2,1-2H3. The van der Waals surface area contributed by atoms with E-state index in [1.807, 2.05) is 6.07 Å². The minimum Gasteiger partial charge on any atom is -0.121 e. The maximum absolute atomic E-state index is 6.24. The lowest BCUT2D eigenvalue weighted by molar-refractivity contribution is 0.643. The van der Waals surface area contributed by atoms with Gasteiger partial charge in [0.15, 0.2) is 0 Å².